The highest BCUT2D eigenvalue weighted by Gasteiger charge is 2.08. The van der Waals surface area contributed by atoms with Crippen molar-refractivity contribution in [3.8, 4) is 5.75 Å². The van der Waals surface area contributed by atoms with E-state index < -0.39 is 5.97 Å². The van der Waals surface area contributed by atoms with E-state index in [1.165, 1.54) is 6.07 Å². The second-order valence-electron chi connectivity index (χ2n) is 4.13. The second kappa shape index (κ2) is 6.70. The quantitative estimate of drug-likeness (QED) is 0.782. The van der Waals surface area contributed by atoms with Gasteiger partial charge < -0.3 is 9.47 Å². The Bertz CT molecular complexity index is 596. The molecule has 0 saturated heterocycles. The molecule has 2 aromatic rings. The molecule has 0 aromatic heterocycles. The normalized spacial score (nSPS) is 10.1. The molecule has 2 rings (SSSR count). The zero-order valence-corrected chi connectivity index (χ0v) is 11.1. The van der Waals surface area contributed by atoms with Crippen molar-refractivity contribution in [1.29, 1.82) is 0 Å². The van der Waals surface area contributed by atoms with Gasteiger partial charge in [-0.25, -0.2) is 9.18 Å². The summed E-state index contributed by atoms with van der Waals surface area (Å²) in [6.07, 6.45) is 0. The minimum absolute atomic E-state index is 0.110. The van der Waals surface area contributed by atoms with Crippen LogP contribution in [0.3, 0.4) is 0 Å². The third-order valence-corrected chi connectivity index (χ3v) is 2.70. The van der Waals surface area contributed by atoms with E-state index in [1.54, 1.807) is 49.4 Å². The van der Waals surface area contributed by atoms with Gasteiger partial charge in [-0.1, -0.05) is 24.3 Å². The van der Waals surface area contributed by atoms with Crippen LogP contribution in [0.2, 0.25) is 0 Å². The maximum Gasteiger partial charge on any atom is 0.338 e. The Hall–Kier alpha value is -2.36. The van der Waals surface area contributed by atoms with Gasteiger partial charge in [-0.05, 0) is 31.2 Å². The predicted molar refractivity (Wildman–Crippen MR) is 73.1 cm³/mol. The van der Waals surface area contributed by atoms with Crippen LogP contribution in [0.5, 0.6) is 5.75 Å². The van der Waals surface area contributed by atoms with Gasteiger partial charge in [0, 0.05) is 5.56 Å². The number of hydrogen-bond donors (Lipinski definition) is 0. The van der Waals surface area contributed by atoms with Crippen LogP contribution in [0.1, 0.15) is 22.8 Å². The largest absolute Gasteiger partial charge is 0.489 e. The summed E-state index contributed by atoms with van der Waals surface area (Å²) in [7, 11) is 0. The van der Waals surface area contributed by atoms with Gasteiger partial charge in [0.2, 0.25) is 0 Å². The third kappa shape index (κ3) is 3.57. The number of ether oxygens (including phenoxy) is 2. The summed E-state index contributed by atoms with van der Waals surface area (Å²) in [5.74, 6) is -0.211. The summed E-state index contributed by atoms with van der Waals surface area (Å²) in [4.78, 5) is 11.6. The molecule has 0 N–H and O–H groups in total. The molecule has 0 bridgehead atoms. The molecule has 0 unspecified atom stereocenters. The molecule has 0 radical (unpaired) electrons. The summed E-state index contributed by atoms with van der Waals surface area (Å²) >= 11 is 0. The molecule has 3 nitrogen and oxygen atoms in total. The lowest BCUT2D eigenvalue weighted by atomic mass is 10.2. The second-order valence-corrected chi connectivity index (χ2v) is 4.13. The first-order valence-electron chi connectivity index (χ1n) is 6.34. The smallest absolute Gasteiger partial charge is 0.338 e. The zero-order valence-electron chi connectivity index (χ0n) is 11.1. The third-order valence-electron chi connectivity index (χ3n) is 2.70. The monoisotopic (exact) mass is 274 g/mol. The van der Waals surface area contributed by atoms with Gasteiger partial charge in [0.15, 0.2) is 0 Å². The molecule has 2 aromatic carbocycles. The average molecular weight is 274 g/mol. The Morgan fingerprint density at radius 2 is 1.95 bits per heavy atom. The zero-order chi connectivity index (χ0) is 14.4. The highest BCUT2D eigenvalue weighted by Crippen LogP contribution is 2.17. The summed E-state index contributed by atoms with van der Waals surface area (Å²) in [5, 5.41) is 0. The van der Waals surface area contributed by atoms with E-state index in [-0.39, 0.29) is 12.4 Å². The van der Waals surface area contributed by atoms with Gasteiger partial charge in [-0.15, -0.1) is 0 Å². The molecular formula is C16H15FO3. The van der Waals surface area contributed by atoms with Crippen LogP contribution in [-0.2, 0) is 11.3 Å². The first kappa shape index (κ1) is 14.1. The van der Waals surface area contributed by atoms with Gasteiger partial charge in [0.25, 0.3) is 0 Å². The van der Waals surface area contributed by atoms with Gasteiger partial charge in [-0.3, -0.25) is 0 Å². The van der Waals surface area contributed by atoms with Crippen LogP contribution in [0.25, 0.3) is 0 Å². The lowest BCUT2D eigenvalue weighted by Gasteiger charge is -2.08. The molecule has 0 atom stereocenters. The van der Waals surface area contributed by atoms with Gasteiger partial charge >= 0.3 is 5.97 Å². The van der Waals surface area contributed by atoms with E-state index in [4.69, 9.17) is 9.47 Å². The van der Waals surface area contributed by atoms with Crippen molar-refractivity contribution in [2.45, 2.75) is 13.5 Å². The van der Waals surface area contributed by atoms with Crippen molar-refractivity contribution in [3.05, 3.63) is 65.5 Å². The number of carbonyl (C=O) groups is 1. The molecule has 0 aliphatic rings. The maximum atomic E-state index is 13.4. The lowest BCUT2D eigenvalue weighted by molar-refractivity contribution is 0.0526. The minimum Gasteiger partial charge on any atom is -0.489 e. The summed E-state index contributed by atoms with van der Waals surface area (Å²) in [6.45, 7) is 2.18. The van der Waals surface area contributed by atoms with E-state index in [2.05, 4.69) is 0 Å². The Labute approximate surface area is 117 Å². The first-order chi connectivity index (χ1) is 9.70. The van der Waals surface area contributed by atoms with Gasteiger partial charge in [-0.2, -0.15) is 0 Å². The number of carbonyl (C=O) groups excluding carboxylic acids is 1. The fourth-order valence-electron chi connectivity index (χ4n) is 1.70. The number of hydrogen-bond acceptors (Lipinski definition) is 3. The van der Waals surface area contributed by atoms with Crippen molar-refractivity contribution in [1.82, 2.24) is 0 Å². The molecule has 4 heteroatoms. The molecule has 0 saturated carbocycles. The molecule has 0 fully saturated rings. The van der Waals surface area contributed by atoms with Crippen molar-refractivity contribution < 1.29 is 18.7 Å². The Morgan fingerprint density at radius 1 is 1.15 bits per heavy atom. The van der Waals surface area contributed by atoms with E-state index in [0.717, 1.165) is 0 Å². The highest BCUT2D eigenvalue weighted by atomic mass is 19.1. The Morgan fingerprint density at radius 3 is 2.70 bits per heavy atom. The van der Waals surface area contributed by atoms with E-state index >= 15 is 0 Å². The molecule has 0 amide bonds. The molecule has 0 heterocycles. The van der Waals surface area contributed by atoms with Crippen LogP contribution >= 0.6 is 0 Å². The van der Waals surface area contributed by atoms with Crippen LogP contribution in [0, 0.1) is 5.82 Å². The van der Waals surface area contributed by atoms with Gasteiger partial charge in [0.1, 0.15) is 18.2 Å². The highest BCUT2D eigenvalue weighted by molar-refractivity contribution is 5.89. The Balaban J connectivity index is 2.05. The summed E-state index contributed by atoms with van der Waals surface area (Å²) in [6, 6.07) is 13.1. The van der Waals surface area contributed by atoms with Crippen molar-refractivity contribution >= 4 is 5.97 Å². The lowest BCUT2D eigenvalue weighted by Crippen LogP contribution is -2.05. The topological polar surface area (TPSA) is 35.5 Å². The van der Waals surface area contributed by atoms with E-state index in [0.29, 0.717) is 23.5 Å². The number of rotatable bonds is 5. The fourth-order valence-corrected chi connectivity index (χ4v) is 1.70. The Kier molecular flexibility index (Phi) is 4.71. The van der Waals surface area contributed by atoms with E-state index in [1.807, 2.05) is 0 Å². The van der Waals surface area contributed by atoms with E-state index in [9.17, 15) is 9.18 Å². The molecule has 0 spiro atoms. The van der Waals surface area contributed by atoms with Crippen molar-refractivity contribution in [2.75, 3.05) is 6.61 Å². The molecule has 20 heavy (non-hydrogen) atoms. The van der Waals surface area contributed by atoms with Gasteiger partial charge in [0.05, 0.1) is 12.2 Å². The number of esters is 1. The van der Waals surface area contributed by atoms with Crippen molar-refractivity contribution in [3.63, 3.8) is 0 Å². The van der Waals surface area contributed by atoms with Crippen LogP contribution < -0.4 is 4.74 Å². The molecule has 0 aliphatic heterocycles. The average Bonchev–Trinajstić information content (AvgIpc) is 2.47. The summed E-state index contributed by atoms with van der Waals surface area (Å²) < 4.78 is 23.9. The standard InChI is InChI=1S/C16H15FO3/c1-2-19-16(18)12-7-5-8-14(10-12)20-11-13-6-3-4-9-15(13)17/h3-10H,2,11H2,1H3. The number of halogens is 1. The predicted octanol–water partition coefficient (Wildman–Crippen LogP) is 3.58. The molecule has 104 valence electrons. The SMILES string of the molecule is CCOC(=O)c1cccc(OCc2ccccc2F)c1. The van der Waals surface area contributed by atoms with Crippen LogP contribution in [0.15, 0.2) is 48.5 Å². The van der Waals surface area contributed by atoms with Crippen molar-refractivity contribution in [2.24, 2.45) is 0 Å². The van der Waals surface area contributed by atoms with Crippen LogP contribution in [-0.4, -0.2) is 12.6 Å². The number of benzene rings is 2. The fraction of sp³-hybridized carbons (Fsp3) is 0.188. The summed E-state index contributed by atoms with van der Waals surface area (Å²) in [5.41, 5.74) is 0.881. The first-order valence-corrected chi connectivity index (χ1v) is 6.34. The van der Waals surface area contributed by atoms with Crippen LogP contribution in [0.4, 0.5) is 4.39 Å². The molecular weight excluding hydrogens is 259 g/mol. The minimum atomic E-state index is -0.399. The molecule has 0 aliphatic carbocycles. The maximum absolute atomic E-state index is 13.4.